The molecule has 0 bridgehead atoms. The molecule has 5 rings (SSSR count). The first-order valence-corrected chi connectivity index (χ1v) is 14.0. The Balaban J connectivity index is 1.42. The zero-order valence-electron chi connectivity index (χ0n) is 22.3. The van der Waals surface area contributed by atoms with Gasteiger partial charge in [0.05, 0.1) is 0 Å². The lowest BCUT2D eigenvalue weighted by atomic mass is 9.94. The first-order chi connectivity index (χ1) is 19.2. The van der Waals surface area contributed by atoms with Crippen molar-refractivity contribution in [1.82, 2.24) is 10.2 Å². The van der Waals surface area contributed by atoms with E-state index in [9.17, 15) is 9.59 Å². The summed E-state index contributed by atoms with van der Waals surface area (Å²) in [6.45, 7) is 0.178. The van der Waals surface area contributed by atoms with E-state index in [0.717, 1.165) is 47.6 Å². The number of nitrogens with one attached hydrogen (secondary N) is 1. The Kier molecular flexibility index (Phi) is 8.90. The van der Waals surface area contributed by atoms with E-state index in [-0.39, 0.29) is 24.5 Å². The van der Waals surface area contributed by atoms with Crippen LogP contribution in [-0.4, -0.2) is 35.4 Å². The highest BCUT2D eigenvalue weighted by Gasteiger charge is 2.32. The predicted octanol–water partition coefficient (Wildman–Crippen LogP) is 6.31. The second-order valence-corrected chi connectivity index (χ2v) is 10.3. The second kappa shape index (κ2) is 13.1. The molecule has 0 aromatic heterocycles. The maximum absolute atomic E-state index is 13.9. The minimum Gasteiger partial charge on any atom is -0.483 e. The van der Waals surface area contributed by atoms with Crippen LogP contribution in [0.5, 0.6) is 5.75 Å². The van der Waals surface area contributed by atoms with Crippen LogP contribution in [0.2, 0.25) is 0 Å². The molecule has 0 unspecified atom stereocenters. The minimum absolute atomic E-state index is 0.0970. The van der Waals surface area contributed by atoms with E-state index >= 15 is 0 Å². The van der Waals surface area contributed by atoms with E-state index in [1.54, 1.807) is 4.90 Å². The van der Waals surface area contributed by atoms with Gasteiger partial charge in [-0.3, -0.25) is 9.59 Å². The number of nitrogens with zero attached hydrogens (tertiary/aromatic N) is 1. The van der Waals surface area contributed by atoms with Gasteiger partial charge in [0, 0.05) is 24.4 Å². The highest BCUT2D eigenvalue weighted by Crippen LogP contribution is 2.26. The Morgan fingerprint density at radius 3 is 2.15 bits per heavy atom. The highest BCUT2D eigenvalue weighted by atomic mass is 16.5. The summed E-state index contributed by atoms with van der Waals surface area (Å²) in [5.41, 5.74) is 1.99. The third-order valence-electron chi connectivity index (χ3n) is 7.52. The van der Waals surface area contributed by atoms with Crippen molar-refractivity contribution in [1.29, 1.82) is 0 Å². The number of benzene rings is 4. The molecule has 5 heteroatoms. The largest absolute Gasteiger partial charge is 0.483 e. The normalized spacial score (nSPS) is 14.5. The van der Waals surface area contributed by atoms with Crippen molar-refractivity contribution in [2.24, 2.45) is 0 Å². The van der Waals surface area contributed by atoms with Crippen molar-refractivity contribution >= 4 is 22.6 Å². The van der Waals surface area contributed by atoms with Gasteiger partial charge in [-0.15, -0.1) is 0 Å². The van der Waals surface area contributed by atoms with E-state index in [0.29, 0.717) is 18.7 Å². The molecule has 1 fully saturated rings. The molecule has 4 aromatic carbocycles. The number of carbonyl (C=O) groups is 2. The molecule has 1 saturated carbocycles. The van der Waals surface area contributed by atoms with E-state index in [1.807, 2.05) is 103 Å². The number of carbonyl (C=O) groups excluding carboxylic acids is 2. The molecule has 1 atom stereocenters. The third-order valence-corrected chi connectivity index (χ3v) is 7.52. The number of fused-ring (bicyclic) bond motifs is 1. The van der Waals surface area contributed by atoms with Crippen molar-refractivity contribution in [2.45, 2.75) is 57.2 Å². The Morgan fingerprint density at radius 2 is 1.41 bits per heavy atom. The molecule has 0 spiro atoms. The fourth-order valence-electron chi connectivity index (χ4n) is 5.42. The average molecular weight is 521 g/mol. The lowest BCUT2D eigenvalue weighted by Crippen LogP contribution is -2.53. The molecule has 1 aliphatic carbocycles. The summed E-state index contributed by atoms with van der Waals surface area (Å²) < 4.78 is 6.11. The highest BCUT2D eigenvalue weighted by molar-refractivity contribution is 5.90. The van der Waals surface area contributed by atoms with E-state index < -0.39 is 6.04 Å². The maximum Gasteiger partial charge on any atom is 0.261 e. The van der Waals surface area contributed by atoms with Crippen LogP contribution in [0.3, 0.4) is 0 Å². The second-order valence-electron chi connectivity index (χ2n) is 10.3. The summed E-state index contributed by atoms with van der Waals surface area (Å²) in [6.07, 6.45) is 5.87. The van der Waals surface area contributed by atoms with Crippen LogP contribution >= 0.6 is 0 Å². The molecule has 200 valence electrons. The fourth-order valence-corrected chi connectivity index (χ4v) is 5.42. The predicted molar refractivity (Wildman–Crippen MR) is 155 cm³/mol. The standard InChI is InChI=1S/C34H36N2O3/c37-33(25-39-32-22-12-18-28-17-10-11-21-30(28)32)36(24-27-15-6-2-7-16-27)31(23-26-13-4-1-5-14-26)34(38)35-29-19-8-3-9-20-29/h1-2,4-7,10-18,21-22,29,31H,3,8-9,19-20,23-25H2,(H,35,38)/t31-/m0/s1. The number of ether oxygens (including phenoxy) is 1. The Morgan fingerprint density at radius 1 is 0.769 bits per heavy atom. The summed E-state index contributed by atoms with van der Waals surface area (Å²) in [7, 11) is 0. The van der Waals surface area contributed by atoms with E-state index in [1.165, 1.54) is 6.42 Å². The van der Waals surface area contributed by atoms with Gasteiger partial charge in [0.1, 0.15) is 11.8 Å². The number of hydrogen-bond donors (Lipinski definition) is 1. The number of rotatable bonds is 10. The van der Waals surface area contributed by atoms with Crippen molar-refractivity contribution in [3.8, 4) is 5.75 Å². The quantitative estimate of drug-likeness (QED) is 0.267. The van der Waals surface area contributed by atoms with Crippen LogP contribution in [0.25, 0.3) is 10.8 Å². The zero-order chi connectivity index (χ0) is 26.9. The fraction of sp³-hybridized carbons (Fsp3) is 0.294. The van der Waals surface area contributed by atoms with Crippen LogP contribution in [0.15, 0.2) is 103 Å². The Labute approximate surface area is 230 Å². The van der Waals surface area contributed by atoms with Gasteiger partial charge in [-0.2, -0.15) is 0 Å². The molecule has 0 heterocycles. The van der Waals surface area contributed by atoms with E-state index in [2.05, 4.69) is 5.32 Å². The van der Waals surface area contributed by atoms with Gasteiger partial charge < -0.3 is 15.0 Å². The van der Waals surface area contributed by atoms with Crippen molar-refractivity contribution in [3.63, 3.8) is 0 Å². The molecule has 2 amide bonds. The summed E-state index contributed by atoms with van der Waals surface area (Å²) in [4.78, 5) is 29.5. The zero-order valence-corrected chi connectivity index (χ0v) is 22.3. The monoisotopic (exact) mass is 520 g/mol. The summed E-state index contributed by atoms with van der Waals surface area (Å²) in [5.74, 6) is 0.346. The first kappa shape index (κ1) is 26.5. The molecular weight excluding hydrogens is 484 g/mol. The van der Waals surface area contributed by atoms with Gasteiger partial charge in [0.25, 0.3) is 5.91 Å². The van der Waals surface area contributed by atoms with Gasteiger partial charge in [0.15, 0.2) is 6.61 Å². The SMILES string of the molecule is O=C(NC1CCCCC1)[C@H](Cc1ccccc1)N(Cc1ccccc1)C(=O)COc1cccc2ccccc12. The van der Waals surface area contributed by atoms with Crippen LogP contribution < -0.4 is 10.1 Å². The van der Waals surface area contributed by atoms with Crippen molar-refractivity contribution in [3.05, 3.63) is 114 Å². The summed E-state index contributed by atoms with van der Waals surface area (Å²) >= 11 is 0. The summed E-state index contributed by atoms with van der Waals surface area (Å²) in [6, 6.07) is 33.1. The average Bonchev–Trinajstić information content (AvgIpc) is 2.99. The molecule has 0 radical (unpaired) electrons. The molecule has 0 saturated heterocycles. The lowest BCUT2D eigenvalue weighted by molar-refractivity contribution is -0.143. The molecular formula is C34H36N2O3. The molecule has 1 aliphatic rings. The van der Waals surface area contributed by atoms with E-state index in [4.69, 9.17) is 4.74 Å². The minimum atomic E-state index is -0.654. The summed E-state index contributed by atoms with van der Waals surface area (Å²) in [5, 5.41) is 5.29. The van der Waals surface area contributed by atoms with Gasteiger partial charge >= 0.3 is 0 Å². The van der Waals surface area contributed by atoms with Gasteiger partial charge in [0.2, 0.25) is 5.91 Å². The smallest absolute Gasteiger partial charge is 0.261 e. The number of amides is 2. The molecule has 1 N–H and O–H groups in total. The van der Waals surface area contributed by atoms with Crippen LogP contribution in [0, 0.1) is 0 Å². The Hall–Kier alpha value is -4.12. The lowest BCUT2D eigenvalue weighted by Gasteiger charge is -2.33. The van der Waals surface area contributed by atoms with Crippen molar-refractivity contribution in [2.75, 3.05) is 6.61 Å². The van der Waals surface area contributed by atoms with Gasteiger partial charge in [-0.1, -0.05) is 116 Å². The van der Waals surface area contributed by atoms with Crippen molar-refractivity contribution < 1.29 is 14.3 Å². The van der Waals surface area contributed by atoms with Crippen LogP contribution in [-0.2, 0) is 22.6 Å². The van der Waals surface area contributed by atoms with Crippen LogP contribution in [0.4, 0.5) is 0 Å². The molecule has 39 heavy (non-hydrogen) atoms. The third kappa shape index (κ3) is 7.05. The first-order valence-electron chi connectivity index (χ1n) is 14.0. The molecule has 5 nitrogen and oxygen atoms in total. The number of hydrogen-bond acceptors (Lipinski definition) is 3. The van der Waals surface area contributed by atoms with Gasteiger partial charge in [-0.05, 0) is 35.4 Å². The molecule has 4 aromatic rings. The topological polar surface area (TPSA) is 58.6 Å². The van der Waals surface area contributed by atoms with Gasteiger partial charge in [-0.25, -0.2) is 0 Å². The molecule has 0 aliphatic heterocycles. The Bertz CT molecular complexity index is 1360. The maximum atomic E-state index is 13.9. The van der Waals surface area contributed by atoms with Crippen LogP contribution in [0.1, 0.15) is 43.2 Å².